The molecule has 0 radical (unpaired) electrons. The normalized spacial score (nSPS) is 15.0. The van der Waals surface area contributed by atoms with Crippen LogP contribution < -0.4 is 10.1 Å². The minimum Gasteiger partial charge on any atom is -0.492 e. The zero-order valence-electron chi connectivity index (χ0n) is 19.5. The van der Waals surface area contributed by atoms with Crippen molar-refractivity contribution in [2.24, 2.45) is 0 Å². The summed E-state index contributed by atoms with van der Waals surface area (Å²) in [5.41, 5.74) is 4.30. The summed E-state index contributed by atoms with van der Waals surface area (Å²) in [6.45, 7) is 5.80. The summed E-state index contributed by atoms with van der Waals surface area (Å²) in [6.07, 6.45) is 4.21. The highest BCUT2D eigenvalue weighted by Crippen LogP contribution is 2.26. The monoisotopic (exact) mass is 442 g/mol. The molecule has 1 atom stereocenters. The van der Waals surface area contributed by atoms with E-state index in [9.17, 15) is 4.79 Å². The van der Waals surface area contributed by atoms with Crippen molar-refractivity contribution >= 4 is 5.91 Å². The van der Waals surface area contributed by atoms with E-state index in [0.29, 0.717) is 18.2 Å². The molecule has 0 saturated heterocycles. The molecule has 4 rings (SSSR count). The van der Waals surface area contributed by atoms with Crippen LogP contribution in [0.1, 0.15) is 42.1 Å². The number of hydrogen-bond acceptors (Lipinski definition) is 3. The van der Waals surface area contributed by atoms with Crippen LogP contribution in [0.5, 0.6) is 5.75 Å². The van der Waals surface area contributed by atoms with Crippen LogP contribution in [-0.4, -0.2) is 43.1 Å². The van der Waals surface area contributed by atoms with Crippen LogP contribution in [-0.2, 0) is 6.42 Å². The van der Waals surface area contributed by atoms with Gasteiger partial charge in [-0.15, -0.1) is 0 Å². The molecule has 0 aliphatic carbocycles. The highest BCUT2D eigenvalue weighted by molar-refractivity contribution is 5.94. The van der Waals surface area contributed by atoms with Gasteiger partial charge in [0, 0.05) is 18.2 Å². The van der Waals surface area contributed by atoms with Crippen LogP contribution in [0.15, 0.2) is 78.9 Å². The molecule has 1 N–H and O–H groups in total. The summed E-state index contributed by atoms with van der Waals surface area (Å²) in [5, 5.41) is 3.07. The molecule has 0 fully saturated rings. The van der Waals surface area contributed by atoms with Crippen LogP contribution in [0, 0.1) is 0 Å². The van der Waals surface area contributed by atoms with Gasteiger partial charge in [0.25, 0.3) is 5.91 Å². The number of ether oxygens (including phenoxy) is 1. The average molecular weight is 443 g/mol. The summed E-state index contributed by atoms with van der Waals surface area (Å²) >= 11 is 0. The first-order valence-electron chi connectivity index (χ1n) is 12.1. The van der Waals surface area contributed by atoms with Gasteiger partial charge in [-0.25, -0.2) is 0 Å². The highest BCUT2D eigenvalue weighted by atomic mass is 16.5. The number of benzene rings is 3. The van der Waals surface area contributed by atoms with Gasteiger partial charge in [-0.05, 0) is 73.7 Å². The largest absolute Gasteiger partial charge is 0.492 e. The molecular formula is C29H34N2O2. The van der Waals surface area contributed by atoms with Crippen molar-refractivity contribution in [3.8, 4) is 16.9 Å². The van der Waals surface area contributed by atoms with Gasteiger partial charge in [0.2, 0.25) is 0 Å². The fraction of sp³-hybridized carbons (Fsp3) is 0.345. The molecule has 1 amide bonds. The molecule has 3 aromatic carbocycles. The topological polar surface area (TPSA) is 41.6 Å². The van der Waals surface area contributed by atoms with E-state index in [1.165, 1.54) is 5.56 Å². The Balaban J connectivity index is 1.21. The van der Waals surface area contributed by atoms with Gasteiger partial charge in [0.05, 0.1) is 0 Å². The van der Waals surface area contributed by atoms with Crippen molar-refractivity contribution < 1.29 is 9.53 Å². The molecule has 172 valence electrons. The van der Waals surface area contributed by atoms with Crippen LogP contribution in [0.25, 0.3) is 11.1 Å². The molecule has 0 saturated carbocycles. The van der Waals surface area contributed by atoms with E-state index in [1.54, 1.807) is 0 Å². The maximum atomic E-state index is 12.5. The van der Waals surface area contributed by atoms with Gasteiger partial charge in [0.15, 0.2) is 0 Å². The Bertz CT molecular complexity index is 1020. The maximum Gasteiger partial charge on any atom is 0.251 e. The van der Waals surface area contributed by atoms with Crippen molar-refractivity contribution in [3.63, 3.8) is 0 Å². The van der Waals surface area contributed by atoms with Crippen LogP contribution in [0.2, 0.25) is 0 Å². The van der Waals surface area contributed by atoms with E-state index >= 15 is 0 Å². The van der Waals surface area contributed by atoms with E-state index in [1.807, 2.05) is 48.5 Å². The number of nitrogens with zero attached hydrogens (tertiary/aromatic N) is 1. The molecule has 4 nitrogen and oxygen atoms in total. The molecule has 1 aliphatic heterocycles. The standard InChI is InChI=1S/C29H34N2O2/c1-2-19-31(27-21-26-12-6-7-13-28(26)33-22-27)20-9-8-18-30-29(32)25-16-14-24(15-17-25)23-10-4-3-5-11-23/h3-7,10-17,27H,2,8-9,18-22H2,1H3,(H,30,32)/t27-/m1/s1. The second-order valence-electron chi connectivity index (χ2n) is 8.72. The SMILES string of the molecule is CCCN(CCCCNC(=O)c1ccc(-c2ccccc2)cc1)[C@H]1COc2ccccc2C1. The summed E-state index contributed by atoms with van der Waals surface area (Å²) in [4.78, 5) is 15.1. The van der Waals surface area contributed by atoms with E-state index in [4.69, 9.17) is 4.74 Å². The number of fused-ring (bicyclic) bond motifs is 1. The predicted octanol–water partition coefficient (Wildman–Crippen LogP) is 5.58. The lowest BCUT2D eigenvalue weighted by Crippen LogP contribution is -2.44. The lowest BCUT2D eigenvalue weighted by atomic mass is 10.0. The molecule has 1 heterocycles. The fourth-order valence-electron chi connectivity index (χ4n) is 4.50. The third-order valence-corrected chi connectivity index (χ3v) is 6.30. The molecule has 1 aliphatic rings. The molecule has 0 aromatic heterocycles. The van der Waals surface area contributed by atoms with Gasteiger partial charge in [-0.1, -0.05) is 67.6 Å². The van der Waals surface area contributed by atoms with E-state index < -0.39 is 0 Å². The first kappa shape index (κ1) is 23.1. The molecule has 0 unspecified atom stereocenters. The van der Waals surface area contributed by atoms with Gasteiger partial charge in [0.1, 0.15) is 12.4 Å². The Morgan fingerprint density at radius 1 is 0.909 bits per heavy atom. The molecule has 3 aromatic rings. The number of para-hydroxylation sites is 1. The van der Waals surface area contributed by atoms with Crippen molar-refractivity contribution in [3.05, 3.63) is 90.0 Å². The van der Waals surface area contributed by atoms with E-state index in [0.717, 1.165) is 62.3 Å². The molecule has 0 spiro atoms. The minimum atomic E-state index is -0.00249. The Morgan fingerprint density at radius 2 is 1.64 bits per heavy atom. The van der Waals surface area contributed by atoms with Crippen LogP contribution in [0.4, 0.5) is 0 Å². The predicted molar refractivity (Wildman–Crippen MR) is 135 cm³/mol. The van der Waals surface area contributed by atoms with Gasteiger partial charge >= 0.3 is 0 Å². The van der Waals surface area contributed by atoms with Crippen molar-refractivity contribution in [1.29, 1.82) is 0 Å². The lowest BCUT2D eigenvalue weighted by Gasteiger charge is -2.35. The average Bonchev–Trinajstić information content (AvgIpc) is 2.88. The first-order valence-corrected chi connectivity index (χ1v) is 12.1. The lowest BCUT2D eigenvalue weighted by molar-refractivity contribution is 0.0950. The van der Waals surface area contributed by atoms with Crippen molar-refractivity contribution in [2.75, 3.05) is 26.2 Å². The van der Waals surface area contributed by atoms with Crippen molar-refractivity contribution in [2.45, 2.75) is 38.6 Å². The highest BCUT2D eigenvalue weighted by Gasteiger charge is 2.24. The Kier molecular flexibility index (Phi) is 8.15. The zero-order chi connectivity index (χ0) is 22.9. The summed E-state index contributed by atoms with van der Waals surface area (Å²) in [5.74, 6) is 1.03. The van der Waals surface area contributed by atoms with Gasteiger partial charge in [-0.2, -0.15) is 0 Å². The number of rotatable bonds is 10. The fourth-order valence-corrected chi connectivity index (χ4v) is 4.50. The Hall–Kier alpha value is -3.11. The molecule has 33 heavy (non-hydrogen) atoms. The summed E-state index contributed by atoms with van der Waals surface area (Å²) in [7, 11) is 0. The number of unbranched alkanes of at least 4 members (excludes halogenated alkanes) is 1. The third-order valence-electron chi connectivity index (χ3n) is 6.30. The van der Waals surface area contributed by atoms with Crippen molar-refractivity contribution in [1.82, 2.24) is 10.2 Å². The Morgan fingerprint density at radius 3 is 2.42 bits per heavy atom. The smallest absolute Gasteiger partial charge is 0.251 e. The molecular weight excluding hydrogens is 408 g/mol. The number of carbonyl (C=O) groups is 1. The second kappa shape index (κ2) is 11.7. The maximum absolute atomic E-state index is 12.5. The first-order chi connectivity index (χ1) is 16.2. The molecule has 0 bridgehead atoms. The number of nitrogens with one attached hydrogen (secondary N) is 1. The van der Waals surface area contributed by atoms with E-state index in [2.05, 4.69) is 47.5 Å². The van der Waals surface area contributed by atoms with Crippen LogP contribution >= 0.6 is 0 Å². The van der Waals surface area contributed by atoms with Gasteiger partial charge in [-0.3, -0.25) is 9.69 Å². The number of hydrogen-bond donors (Lipinski definition) is 1. The summed E-state index contributed by atoms with van der Waals surface area (Å²) < 4.78 is 6.01. The third kappa shape index (κ3) is 6.23. The second-order valence-corrected chi connectivity index (χ2v) is 8.72. The number of amides is 1. The minimum absolute atomic E-state index is 0.00249. The Labute approximate surface area is 197 Å². The zero-order valence-corrected chi connectivity index (χ0v) is 19.5. The number of carbonyl (C=O) groups excluding carboxylic acids is 1. The quantitative estimate of drug-likeness (QED) is 0.417. The van der Waals surface area contributed by atoms with E-state index in [-0.39, 0.29) is 5.91 Å². The van der Waals surface area contributed by atoms with Gasteiger partial charge < -0.3 is 10.1 Å². The molecule has 4 heteroatoms. The van der Waals surface area contributed by atoms with Crippen LogP contribution in [0.3, 0.4) is 0 Å². The summed E-state index contributed by atoms with van der Waals surface area (Å²) in [6, 6.07) is 26.8.